The fourth-order valence-corrected chi connectivity index (χ4v) is 3.53. The molecule has 0 aliphatic carbocycles. The number of rotatable bonds is 4. The summed E-state index contributed by atoms with van der Waals surface area (Å²) in [6, 6.07) is 0. The Bertz CT molecular complexity index is 134. The van der Waals surface area contributed by atoms with E-state index in [0.29, 0.717) is 5.66 Å². The first-order chi connectivity index (χ1) is 5.34. The summed E-state index contributed by atoms with van der Waals surface area (Å²) in [4.78, 5) is 0. The van der Waals surface area contributed by atoms with Crippen LogP contribution in [-0.4, -0.2) is 11.8 Å². The van der Waals surface area contributed by atoms with Gasteiger partial charge in [0.25, 0.3) is 0 Å². The van der Waals surface area contributed by atoms with Gasteiger partial charge in [-0.3, -0.25) is 0 Å². The van der Waals surface area contributed by atoms with Crippen molar-refractivity contribution in [2.24, 2.45) is 0 Å². The van der Waals surface area contributed by atoms with Crippen molar-refractivity contribution in [1.82, 2.24) is 0 Å². The van der Waals surface area contributed by atoms with Gasteiger partial charge < -0.3 is 0 Å². The van der Waals surface area contributed by atoms with E-state index in [1.54, 1.807) is 0 Å². The van der Waals surface area contributed by atoms with Gasteiger partial charge in [-0.15, -0.1) is 0 Å². The Balaban J connectivity index is 2.10. The van der Waals surface area contributed by atoms with E-state index in [2.05, 4.69) is 6.92 Å². The summed E-state index contributed by atoms with van der Waals surface area (Å²) in [5.41, 5.74) is 0.594. The zero-order valence-electron chi connectivity index (χ0n) is 7.38. The maximum atomic E-state index is 11.3. The molecular formula is C9H18OP+. The highest BCUT2D eigenvalue weighted by Gasteiger charge is 2.34. The average molecular weight is 173 g/mol. The van der Waals surface area contributed by atoms with Crippen LogP contribution in [0.3, 0.4) is 0 Å². The normalized spacial score (nSPS) is 27.7. The largest absolute Gasteiger partial charge is 0.341 e. The second-order valence-corrected chi connectivity index (χ2v) is 5.44. The molecule has 0 saturated carbocycles. The van der Waals surface area contributed by atoms with Crippen LogP contribution < -0.4 is 0 Å². The lowest BCUT2D eigenvalue weighted by atomic mass is 10.1. The fraction of sp³-hybridized carbons (Fsp3) is 1.00. The van der Waals surface area contributed by atoms with Crippen LogP contribution in [0.15, 0.2) is 0 Å². The van der Waals surface area contributed by atoms with Crippen molar-refractivity contribution in [2.45, 2.75) is 51.1 Å². The van der Waals surface area contributed by atoms with Gasteiger partial charge in [0, 0.05) is 0 Å². The Morgan fingerprint density at radius 1 is 1.45 bits per heavy atom. The Morgan fingerprint density at radius 3 is 2.82 bits per heavy atom. The second kappa shape index (κ2) is 4.87. The molecule has 0 bridgehead atoms. The third-order valence-electron chi connectivity index (χ3n) is 2.46. The van der Waals surface area contributed by atoms with Crippen LogP contribution in [0.25, 0.3) is 0 Å². The number of unbranched alkanes of at least 4 members (excludes halogenated alkanes) is 2. The molecule has 2 heteroatoms. The zero-order chi connectivity index (χ0) is 8.10. The van der Waals surface area contributed by atoms with Crippen LogP contribution in [0.4, 0.5) is 0 Å². The summed E-state index contributed by atoms with van der Waals surface area (Å²) in [7, 11) is -0.795. The molecule has 0 amide bonds. The first-order valence-corrected chi connectivity index (χ1v) is 6.29. The summed E-state index contributed by atoms with van der Waals surface area (Å²) in [5.74, 6) is 0. The van der Waals surface area contributed by atoms with Crippen LogP contribution in [0.2, 0.25) is 0 Å². The molecule has 0 aromatic heterocycles. The lowest BCUT2D eigenvalue weighted by Gasteiger charge is -1.98. The first kappa shape index (κ1) is 9.19. The monoisotopic (exact) mass is 173 g/mol. The van der Waals surface area contributed by atoms with Crippen molar-refractivity contribution >= 4 is 7.80 Å². The molecule has 1 aliphatic rings. The summed E-state index contributed by atoms with van der Waals surface area (Å²) < 4.78 is 11.3. The van der Waals surface area contributed by atoms with Gasteiger partial charge in [-0.1, -0.05) is 24.3 Å². The molecule has 0 aromatic carbocycles. The van der Waals surface area contributed by atoms with Gasteiger partial charge in [-0.2, -0.15) is 0 Å². The van der Waals surface area contributed by atoms with E-state index < -0.39 is 7.80 Å². The van der Waals surface area contributed by atoms with Crippen molar-refractivity contribution in [3.05, 3.63) is 0 Å². The Hall–Kier alpha value is 0.100. The Labute approximate surface area is 70.4 Å². The van der Waals surface area contributed by atoms with E-state index in [0.717, 1.165) is 6.16 Å². The molecule has 2 unspecified atom stereocenters. The zero-order valence-corrected chi connectivity index (χ0v) is 8.28. The van der Waals surface area contributed by atoms with Crippen LogP contribution >= 0.6 is 7.80 Å². The topological polar surface area (TPSA) is 17.1 Å². The minimum Gasteiger partial charge on any atom is -0.0745 e. The van der Waals surface area contributed by atoms with Gasteiger partial charge >= 0.3 is 7.80 Å². The average Bonchev–Trinajstić information content (AvgIpc) is 2.37. The molecule has 0 radical (unpaired) electrons. The van der Waals surface area contributed by atoms with Crippen molar-refractivity contribution in [3.8, 4) is 0 Å². The van der Waals surface area contributed by atoms with Crippen LogP contribution in [0.1, 0.15) is 45.4 Å². The van der Waals surface area contributed by atoms with Gasteiger partial charge in [0.15, 0.2) is 5.66 Å². The maximum absolute atomic E-state index is 11.3. The minimum atomic E-state index is -0.795. The Morgan fingerprint density at radius 2 is 2.27 bits per heavy atom. The molecule has 0 aromatic rings. The highest BCUT2D eigenvalue weighted by molar-refractivity contribution is 7.45. The highest BCUT2D eigenvalue weighted by Crippen LogP contribution is 2.41. The predicted molar refractivity (Wildman–Crippen MR) is 49.6 cm³/mol. The smallest absolute Gasteiger partial charge is 0.0745 e. The maximum Gasteiger partial charge on any atom is 0.341 e. The van der Waals surface area contributed by atoms with Crippen LogP contribution in [0, 0.1) is 0 Å². The number of hydrogen-bond acceptors (Lipinski definition) is 1. The molecule has 1 heterocycles. The van der Waals surface area contributed by atoms with Gasteiger partial charge in [-0.05, 0) is 25.7 Å². The Kier molecular flexibility index (Phi) is 4.07. The fourth-order valence-electron chi connectivity index (χ4n) is 1.73. The highest BCUT2D eigenvalue weighted by atomic mass is 31.1. The van der Waals surface area contributed by atoms with E-state index in [-0.39, 0.29) is 0 Å². The predicted octanol–water partition coefficient (Wildman–Crippen LogP) is 3.56. The van der Waals surface area contributed by atoms with Crippen molar-refractivity contribution in [2.75, 3.05) is 6.16 Å². The van der Waals surface area contributed by atoms with E-state index in [9.17, 15) is 4.57 Å². The molecule has 1 aliphatic heterocycles. The quantitative estimate of drug-likeness (QED) is 0.469. The third kappa shape index (κ3) is 2.91. The summed E-state index contributed by atoms with van der Waals surface area (Å²) in [5, 5.41) is 0. The molecule has 1 saturated heterocycles. The molecule has 2 atom stereocenters. The van der Waals surface area contributed by atoms with Crippen LogP contribution in [0.5, 0.6) is 0 Å². The van der Waals surface area contributed by atoms with E-state index in [1.807, 2.05) is 0 Å². The lowest BCUT2D eigenvalue weighted by molar-refractivity contribution is 0.570. The SMILES string of the molecule is CCCCCC1CCC[P+]1=O. The van der Waals surface area contributed by atoms with Crippen molar-refractivity contribution in [1.29, 1.82) is 0 Å². The van der Waals surface area contributed by atoms with E-state index in [4.69, 9.17) is 0 Å². The molecule has 0 spiro atoms. The van der Waals surface area contributed by atoms with Gasteiger partial charge in [0.05, 0.1) is 0 Å². The molecule has 1 rings (SSSR count). The third-order valence-corrected chi connectivity index (χ3v) is 4.55. The minimum absolute atomic E-state index is 0.594. The van der Waals surface area contributed by atoms with Crippen LogP contribution in [-0.2, 0) is 4.57 Å². The van der Waals surface area contributed by atoms with Gasteiger partial charge in [0.2, 0.25) is 0 Å². The molecule has 1 nitrogen and oxygen atoms in total. The second-order valence-electron chi connectivity index (χ2n) is 3.43. The summed E-state index contributed by atoms with van der Waals surface area (Å²) >= 11 is 0. The van der Waals surface area contributed by atoms with Gasteiger partial charge in [-0.25, -0.2) is 0 Å². The first-order valence-electron chi connectivity index (χ1n) is 4.78. The molecule has 1 fully saturated rings. The molecule has 11 heavy (non-hydrogen) atoms. The van der Waals surface area contributed by atoms with Crippen molar-refractivity contribution < 1.29 is 4.57 Å². The van der Waals surface area contributed by atoms with Crippen molar-refractivity contribution in [3.63, 3.8) is 0 Å². The lowest BCUT2D eigenvalue weighted by Crippen LogP contribution is -1.95. The summed E-state index contributed by atoms with van der Waals surface area (Å²) in [6.45, 7) is 2.22. The summed E-state index contributed by atoms with van der Waals surface area (Å²) in [6.07, 6.45) is 8.57. The molecule has 64 valence electrons. The standard InChI is InChI=1S/C9H18OP/c1-2-3-4-6-9-7-5-8-11(9)10/h9H,2-8H2,1H3/q+1. The molecular weight excluding hydrogens is 155 g/mol. The van der Waals surface area contributed by atoms with E-state index >= 15 is 0 Å². The molecule has 0 N–H and O–H groups in total. The van der Waals surface area contributed by atoms with Gasteiger partial charge in [0.1, 0.15) is 6.16 Å². The van der Waals surface area contributed by atoms with E-state index in [1.165, 1.54) is 38.5 Å². The number of hydrogen-bond donors (Lipinski definition) is 0.